The molecule has 0 saturated heterocycles. The van der Waals surface area contributed by atoms with E-state index in [1.807, 2.05) is 121 Å². The molecule has 0 radical (unpaired) electrons. The fraction of sp³-hybridized carbons (Fsp3) is 0.122. The third-order valence-corrected chi connectivity index (χ3v) is 7.49. The summed E-state index contributed by atoms with van der Waals surface area (Å²) < 4.78 is 18.5. The van der Waals surface area contributed by atoms with Gasteiger partial charge in [-0.3, -0.25) is 0 Å². The molecule has 232 valence electrons. The van der Waals surface area contributed by atoms with Crippen LogP contribution in [0.5, 0.6) is 17.2 Å². The van der Waals surface area contributed by atoms with Crippen LogP contribution in [0.2, 0.25) is 0 Å². The Morgan fingerprint density at radius 3 is 1.87 bits per heavy atom. The molecule has 6 heteroatoms. The van der Waals surface area contributed by atoms with E-state index < -0.39 is 5.97 Å². The predicted molar refractivity (Wildman–Crippen MR) is 183 cm³/mol. The molecule has 0 unspecified atom stereocenters. The highest BCUT2D eigenvalue weighted by Crippen LogP contribution is 2.35. The zero-order valence-corrected chi connectivity index (χ0v) is 25.8. The molecule has 0 aliphatic carbocycles. The van der Waals surface area contributed by atoms with Crippen molar-refractivity contribution in [1.29, 1.82) is 0 Å². The first kappa shape index (κ1) is 30.9. The zero-order chi connectivity index (χ0) is 32.3. The number of nitrogens with zero attached hydrogens (tertiary/aromatic N) is 1. The third-order valence-electron chi connectivity index (χ3n) is 7.49. The van der Waals surface area contributed by atoms with Gasteiger partial charge in [0.1, 0.15) is 36.8 Å². The molecule has 6 aromatic rings. The lowest BCUT2D eigenvalue weighted by Crippen LogP contribution is -2.06. The van der Waals surface area contributed by atoms with E-state index in [0.29, 0.717) is 41.0 Å². The molecule has 1 N–H and O–H groups in total. The van der Waals surface area contributed by atoms with Crippen LogP contribution in [0.1, 0.15) is 44.7 Å². The third kappa shape index (κ3) is 8.36. The fourth-order valence-electron chi connectivity index (χ4n) is 5.07. The normalized spacial score (nSPS) is 10.6. The standard InChI is InChI=1S/C41H33NO5/c43-41(44)37-26-38(46-28-32-16-6-2-7-17-32)36-24-23-34(40(39(36)42-37)47-29-33-18-8-3-9-19-33)21-11-10-13-30-20-12-22-35(25-30)45-27-31-14-4-1-5-15-31/h1-9,12,14-20,22-26H,10,13,27-29H2,(H,43,44). The topological polar surface area (TPSA) is 77.9 Å². The average Bonchev–Trinajstić information content (AvgIpc) is 3.12. The first-order valence-electron chi connectivity index (χ1n) is 15.4. The molecule has 0 saturated carbocycles. The molecule has 0 amide bonds. The highest BCUT2D eigenvalue weighted by Gasteiger charge is 2.18. The van der Waals surface area contributed by atoms with Crippen LogP contribution in [0, 0.1) is 11.8 Å². The second-order valence-corrected chi connectivity index (χ2v) is 10.9. The highest BCUT2D eigenvalue weighted by molar-refractivity contribution is 5.96. The van der Waals surface area contributed by atoms with Gasteiger partial charge in [-0.15, -0.1) is 0 Å². The number of hydrogen-bond acceptors (Lipinski definition) is 5. The van der Waals surface area contributed by atoms with Gasteiger partial charge in [0.2, 0.25) is 0 Å². The van der Waals surface area contributed by atoms with Crippen molar-refractivity contribution in [2.75, 3.05) is 0 Å². The highest BCUT2D eigenvalue weighted by atomic mass is 16.5. The largest absolute Gasteiger partial charge is 0.489 e. The molecule has 0 bridgehead atoms. The molecular weight excluding hydrogens is 586 g/mol. The summed E-state index contributed by atoms with van der Waals surface area (Å²) in [4.78, 5) is 16.6. The minimum absolute atomic E-state index is 0.135. The maximum atomic E-state index is 12.1. The molecule has 0 aliphatic heterocycles. The Morgan fingerprint density at radius 2 is 1.23 bits per heavy atom. The Balaban J connectivity index is 1.26. The maximum absolute atomic E-state index is 12.1. The van der Waals surface area contributed by atoms with E-state index in [9.17, 15) is 9.90 Å². The number of rotatable bonds is 12. The summed E-state index contributed by atoms with van der Waals surface area (Å²) in [6.07, 6.45) is 1.34. The molecule has 1 aromatic heterocycles. The number of aryl methyl sites for hydroxylation is 1. The minimum Gasteiger partial charge on any atom is -0.489 e. The lowest BCUT2D eigenvalue weighted by molar-refractivity contribution is 0.0690. The van der Waals surface area contributed by atoms with Crippen LogP contribution < -0.4 is 14.2 Å². The maximum Gasteiger partial charge on any atom is 0.354 e. The first-order valence-corrected chi connectivity index (χ1v) is 15.4. The van der Waals surface area contributed by atoms with Gasteiger partial charge in [-0.2, -0.15) is 0 Å². The van der Waals surface area contributed by atoms with Crippen LogP contribution in [0.15, 0.2) is 133 Å². The fourth-order valence-corrected chi connectivity index (χ4v) is 5.07. The Labute approximate surface area is 274 Å². The van der Waals surface area contributed by atoms with Gasteiger partial charge in [-0.1, -0.05) is 115 Å². The van der Waals surface area contributed by atoms with Crippen LogP contribution >= 0.6 is 0 Å². The summed E-state index contributed by atoms with van der Waals surface area (Å²) in [5, 5.41) is 10.6. The number of ether oxygens (including phenoxy) is 3. The van der Waals surface area contributed by atoms with Gasteiger partial charge in [0, 0.05) is 17.9 Å². The van der Waals surface area contributed by atoms with Crippen molar-refractivity contribution in [1.82, 2.24) is 4.98 Å². The van der Waals surface area contributed by atoms with E-state index >= 15 is 0 Å². The van der Waals surface area contributed by atoms with E-state index in [2.05, 4.69) is 22.9 Å². The second-order valence-electron chi connectivity index (χ2n) is 10.9. The van der Waals surface area contributed by atoms with E-state index in [1.54, 1.807) is 0 Å². The number of pyridine rings is 1. The molecule has 6 nitrogen and oxygen atoms in total. The number of benzene rings is 5. The number of carboxylic acid groups (broad SMARTS) is 1. The molecule has 6 rings (SSSR count). The molecule has 1 heterocycles. The smallest absolute Gasteiger partial charge is 0.354 e. The molecule has 47 heavy (non-hydrogen) atoms. The van der Waals surface area contributed by atoms with Crippen molar-refractivity contribution < 1.29 is 24.1 Å². The van der Waals surface area contributed by atoms with Gasteiger partial charge in [0.25, 0.3) is 0 Å². The molecule has 0 spiro atoms. The Morgan fingerprint density at radius 1 is 0.638 bits per heavy atom. The number of hydrogen-bond donors (Lipinski definition) is 1. The number of aromatic carboxylic acids is 1. The second kappa shape index (κ2) is 15.3. The molecule has 0 fully saturated rings. The van der Waals surface area contributed by atoms with Crippen molar-refractivity contribution in [2.45, 2.75) is 32.7 Å². The van der Waals surface area contributed by atoms with Crippen LogP contribution in [0.4, 0.5) is 0 Å². The lowest BCUT2D eigenvalue weighted by Gasteiger charge is -2.15. The van der Waals surface area contributed by atoms with Gasteiger partial charge in [0.05, 0.1) is 5.56 Å². The van der Waals surface area contributed by atoms with Gasteiger partial charge in [-0.25, -0.2) is 9.78 Å². The van der Waals surface area contributed by atoms with Gasteiger partial charge < -0.3 is 19.3 Å². The average molecular weight is 620 g/mol. The van der Waals surface area contributed by atoms with Crippen LogP contribution in [0.25, 0.3) is 10.9 Å². The summed E-state index contributed by atoms with van der Waals surface area (Å²) >= 11 is 0. The van der Waals surface area contributed by atoms with Crippen molar-refractivity contribution >= 4 is 16.9 Å². The van der Waals surface area contributed by atoms with E-state index in [0.717, 1.165) is 34.4 Å². The van der Waals surface area contributed by atoms with Gasteiger partial charge in [-0.05, 0) is 52.9 Å². The Hall–Kier alpha value is -6.06. The quantitative estimate of drug-likeness (QED) is 0.138. The summed E-state index contributed by atoms with van der Waals surface area (Å²) in [6, 6.07) is 42.8. The Bertz CT molecular complexity index is 2020. The molecule has 5 aromatic carbocycles. The zero-order valence-electron chi connectivity index (χ0n) is 25.8. The molecular formula is C41H33NO5. The van der Waals surface area contributed by atoms with Crippen LogP contribution in [-0.2, 0) is 26.2 Å². The van der Waals surface area contributed by atoms with Crippen molar-refractivity contribution in [3.8, 4) is 29.1 Å². The number of carbonyl (C=O) groups is 1. The van der Waals surface area contributed by atoms with Crippen molar-refractivity contribution in [2.24, 2.45) is 0 Å². The summed E-state index contributed by atoms with van der Waals surface area (Å²) in [5.41, 5.74) is 5.04. The monoisotopic (exact) mass is 619 g/mol. The lowest BCUT2D eigenvalue weighted by atomic mass is 10.1. The summed E-state index contributed by atoms with van der Waals surface area (Å²) in [5.74, 6) is 7.04. The van der Waals surface area contributed by atoms with E-state index in [4.69, 9.17) is 14.2 Å². The number of carboxylic acids is 1. The van der Waals surface area contributed by atoms with Crippen LogP contribution in [-0.4, -0.2) is 16.1 Å². The van der Waals surface area contributed by atoms with E-state index in [-0.39, 0.29) is 18.9 Å². The van der Waals surface area contributed by atoms with E-state index in [1.165, 1.54) is 6.07 Å². The minimum atomic E-state index is -1.16. The van der Waals surface area contributed by atoms with Gasteiger partial charge >= 0.3 is 5.97 Å². The van der Waals surface area contributed by atoms with Gasteiger partial charge in [0.15, 0.2) is 11.4 Å². The molecule has 0 atom stereocenters. The van der Waals surface area contributed by atoms with Crippen LogP contribution in [0.3, 0.4) is 0 Å². The Kier molecular flexibility index (Phi) is 10.1. The molecule has 0 aliphatic rings. The SMILES string of the molecule is O=C(O)c1cc(OCc2ccccc2)c2ccc(C#CCCc3cccc(OCc4ccccc4)c3)c(OCc3ccccc3)c2n1. The van der Waals surface area contributed by atoms with Crippen molar-refractivity contribution in [3.05, 3.63) is 167 Å². The predicted octanol–water partition coefficient (Wildman–Crippen LogP) is 8.65. The first-order chi connectivity index (χ1) is 23.1. The number of fused-ring (bicyclic) bond motifs is 1. The summed E-state index contributed by atoms with van der Waals surface area (Å²) in [7, 11) is 0. The van der Waals surface area contributed by atoms with Crippen molar-refractivity contribution in [3.63, 3.8) is 0 Å². The summed E-state index contributed by atoms with van der Waals surface area (Å²) in [6.45, 7) is 1.05. The number of aromatic nitrogens is 1.